The van der Waals surface area contributed by atoms with E-state index < -0.39 is 0 Å². The van der Waals surface area contributed by atoms with Gasteiger partial charge in [-0.15, -0.1) is 0 Å². The fourth-order valence-corrected chi connectivity index (χ4v) is 1.61. The first-order valence-corrected chi connectivity index (χ1v) is 4.20. The van der Waals surface area contributed by atoms with Crippen molar-refractivity contribution in [1.82, 2.24) is 0 Å². The molecule has 0 aromatic rings. The molecule has 0 N–H and O–H groups in total. The molecule has 1 heterocycles. The number of rotatable bonds is 0. The number of hydrogen-bond donors (Lipinski definition) is 0. The molecule has 28 valence electrons. The molecule has 3 heteroatoms. The summed E-state index contributed by atoms with van der Waals surface area (Å²) in [6.07, 6.45) is 0. The third-order valence-corrected chi connectivity index (χ3v) is 4.01. The van der Waals surface area contributed by atoms with Gasteiger partial charge in [-0.05, 0) is 0 Å². The van der Waals surface area contributed by atoms with E-state index in [-0.39, 0.29) is 9.16 Å². The van der Waals surface area contributed by atoms with Crippen LogP contribution in [0.1, 0.15) is 6.92 Å². The Morgan fingerprint density at radius 1 is 2.00 bits per heavy atom. The molecule has 1 aliphatic heterocycles. The summed E-state index contributed by atoms with van der Waals surface area (Å²) in [4.78, 5) is 0. The normalized spacial score (nSPS) is 38.6. The van der Waals surface area contributed by atoms with Gasteiger partial charge in [0.05, 0.1) is 0 Å². The van der Waals surface area contributed by atoms with Crippen molar-refractivity contribution in [2.45, 2.75) is 11.5 Å². The molecule has 0 bridgehead atoms. The molecule has 1 saturated heterocycles. The molecular weight excluding hydrogens is 99.0 g/mol. The van der Waals surface area contributed by atoms with E-state index >= 15 is 0 Å². The van der Waals surface area contributed by atoms with Crippen molar-refractivity contribution in [1.29, 1.82) is 0 Å². The average Bonchev–Trinajstić information content (AvgIpc) is 1.79. The van der Waals surface area contributed by atoms with Gasteiger partial charge < -0.3 is 0 Å². The van der Waals surface area contributed by atoms with Gasteiger partial charge in [0.2, 0.25) is 0 Å². The monoisotopic (exact) mass is 103 g/mol. The van der Waals surface area contributed by atoms with E-state index in [1.807, 2.05) is 10.8 Å². The Kier molecular flexibility index (Phi) is 0.882. The van der Waals surface area contributed by atoms with Crippen LogP contribution in [0.5, 0.6) is 0 Å². The molecule has 1 rings (SSSR count). The van der Waals surface area contributed by atoms with Crippen LogP contribution < -0.4 is 0 Å². The van der Waals surface area contributed by atoms with Crippen molar-refractivity contribution in [3.8, 4) is 0 Å². The second kappa shape index (κ2) is 1.12. The molecule has 5 heavy (non-hydrogen) atoms. The number of hydrogen-bond acceptors (Lipinski definition) is 2. The first-order valence-electron chi connectivity index (χ1n) is 1.45. The molecule has 0 saturated carbocycles. The van der Waals surface area contributed by atoms with Crippen LogP contribution in [-0.4, -0.2) is 11.1 Å². The summed E-state index contributed by atoms with van der Waals surface area (Å²) in [7, 11) is 2.11. The van der Waals surface area contributed by atoms with Crippen molar-refractivity contribution >= 4 is 26.5 Å². The zero-order valence-corrected chi connectivity index (χ0v) is 4.60. The molecule has 0 nitrogen and oxygen atoms in total. The zero-order valence-electron chi connectivity index (χ0n) is 2.97. The Hall–Kier alpha value is 0.765. The van der Waals surface area contributed by atoms with Gasteiger partial charge in [0.1, 0.15) is 0 Å². The molecule has 0 radical (unpaired) electrons. The zero-order chi connectivity index (χ0) is 3.86. The molecular formula is C2H4BS2-. The summed E-state index contributed by atoms with van der Waals surface area (Å²) in [6, 6.07) is 0. The predicted octanol–water partition coefficient (Wildman–Crippen LogP) is 0.696. The first kappa shape index (κ1) is 3.94. The van der Waals surface area contributed by atoms with E-state index in [0.717, 1.165) is 4.58 Å². The van der Waals surface area contributed by atoms with E-state index in [1.54, 1.807) is 0 Å². The summed E-state index contributed by atoms with van der Waals surface area (Å²) < 4.78 is 0.773. The van der Waals surface area contributed by atoms with Crippen LogP contribution in [0.25, 0.3) is 0 Å². The van der Waals surface area contributed by atoms with Gasteiger partial charge in [-0.2, -0.15) is 0 Å². The van der Waals surface area contributed by atoms with Crippen LogP contribution in [0.2, 0.25) is 0 Å². The summed E-state index contributed by atoms with van der Waals surface area (Å²) in [5, 5.41) is 0. The SMILES string of the molecule is B#[S-]1SC1C. The molecule has 0 amide bonds. The van der Waals surface area contributed by atoms with Gasteiger partial charge in [-0.3, -0.25) is 0 Å². The molecule has 0 aliphatic carbocycles. The fraction of sp³-hybridized carbons (Fsp3) is 1.00. The second-order valence-corrected chi connectivity index (χ2v) is 5.29. The molecule has 1 atom stereocenters. The van der Waals surface area contributed by atoms with Gasteiger partial charge in [-0.1, -0.05) is 0 Å². The van der Waals surface area contributed by atoms with Crippen molar-refractivity contribution in [2.75, 3.05) is 0 Å². The van der Waals surface area contributed by atoms with Crippen LogP contribution >= 0.6 is 10.8 Å². The van der Waals surface area contributed by atoms with E-state index in [1.165, 1.54) is 0 Å². The summed E-state index contributed by atoms with van der Waals surface area (Å²) in [6.45, 7) is 7.50. The standard InChI is InChI=1S/C2H4BS2/c1-2-4-5(2)3/h2H,1H3/q-1. The van der Waals surface area contributed by atoms with Crippen LogP contribution in [0.15, 0.2) is 0 Å². The van der Waals surface area contributed by atoms with E-state index in [9.17, 15) is 0 Å². The molecule has 0 aromatic heterocycles. The molecule has 1 unspecified atom stereocenters. The fourth-order valence-electron chi connectivity index (χ4n) is 0.134. The van der Waals surface area contributed by atoms with Crippen LogP contribution in [-0.2, 0) is 9.16 Å². The van der Waals surface area contributed by atoms with Gasteiger partial charge >= 0.3 is 38.0 Å². The van der Waals surface area contributed by atoms with Crippen LogP contribution in [0.4, 0.5) is 0 Å². The molecule has 1 fully saturated rings. The van der Waals surface area contributed by atoms with Crippen molar-refractivity contribution in [3.05, 3.63) is 0 Å². The summed E-state index contributed by atoms with van der Waals surface area (Å²) in [5.74, 6) is 0. The Morgan fingerprint density at radius 2 is 2.20 bits per heavy atom. The minimum atomic E-state index is 0.261. The molecule has 0 aromatic carbocycles. The van der Waals surface area contributed by atoms with Gasteiger partial charge in [0.15, 0.2) is 0 Å². The average molecular weight is 103 g/mol. The van der Waals surface area contributed by atoms with Gasteiger partial charge in [0.25, 0.3) is 0 Å². The van der Waals surface area contributed by atoms with Crippen molar-refractivity contribution in [2.24, 2.45) is 0 Å². The van der Waals surface area contributed by atoms with Crippen molar-refractivity contribution < 1.29 is 0 Å². The Bertz CT molecular complexity index is 100.0. The Morgan fingerprint density at radius 3 is 2.20 bits per heavy atom. The topological polar surface area (TPSA) is 0 Å². The Labute approximate surface area is 38.6 Å². The summed E-state index contributed by atoms with van der Waals surface area (Å²) in [5.41, 5.74) is 0. The third-order valence-electron chi connectivity index (χ3n) is 0.536. The minimum absolute atomic E-state index is 0.261. The van der Waals surface area contributed by atoms with Gasteiger partial charge in [0, 0.05) is 0 Å². The summed E-state index contributed by atoms with van der Waals surface area (Å²) >= 11 is 0. The van der Waals surface area contributed by atoms with Crippen molar-refractivity contribution in [3.63, 3.8) is 0 Å². The van der Waals surface area contributed by atoms with E-state index in [0.29, 0.717) is 0 Å². The third kappa shape index (κ3) is 0.796. The van der Waals surface area contributed by atoms with Crippen LogP contribution in [0, 0.1) is 0 Å². The predicted molar refractivity (Wildman–Crippen MR) is 30.2 cm³/mol. The maximum absolute atomic E-state index is 5.36. The molecule has 1 aliphatic rings. The van der Waals surface area contributed by atoms with E-state index in [2.05, 4.69) is 6.92 Å². The van der Waals surface area contributed by atoms with Gasteiger partial charge in [-0.25, -0.2) is 0 Å². The molecule has 0 spiro atoms. The second-order valence-electron chi connectivity index (χ2n) is 0.992. The van der Waals surface area contributed by atoms with E-state index in [4.69, 9.17) is 6.53 Å². The van der Waals surface area contributed by atoms with Crippen LogP contribution in [0.3, 0.4) is 0 Å². The Balaban J connectivity index is 2.58. The maximum atomic E-state index is 5.36. The first-order chi connectivity index (χ1) is 2.30. The quantitative estimate of drug-likeness (QED) is 0.188.